The van der Waals surface area contributed by atoms with Gasteiger partial charge in [-0.05, 0) is 25.1 Å². The summed E-state index contributed by atoms with van der Waals surface area (Å²) in [5, 5.41) is 4.73. The molecule has 0 unspecified atom stereocenters. The molecular weight excluding hydrogens is 446 g/mol. The maximum absolute atomic E-state index is 13.6. The molecule has 33 heavy (non-hydrogen) atoms. The predicted octanol–water partition coefficient (Wildman–Crippen LogP) is 3.48. The highest BCUT2D eigenvalue weighted by molar-refractivity contribution is 6.34. The van der Waals surface area contributed by atoms with Crippen LogP contribution < -0.4 is 4.90 Å². The summed E-state index contributed by atoms with van der Waals surface area (Å²) in [6, 6.07) is 16.6. The van der Waals surface area contributed by atoms with Gasteiger partial charge in [0.25, 0.3) is 5.91 Å². The number of oxime groups is 1. The number of carbonyl (C=O) groups excluding carboxylic acids is 2. The zero-order valence-electron chi connectivity index (χ0n) is 18.2. The first kappa shape index (κ1) is 21.7. The van der Waals surface area contributed by atoms with Crippen molar-refractivity contribution in [2.75, 3.05) is 37.7 Å². The highest BCUT2D eigenvalue weighted by Gasteiger charge is 2.52. The molecular formula is C24H24ClN3O5. The highest BCUT2D eigenvalue weighted by Crippen LogP contribution is 2.34. The first-order valence-electron chi connectivity index (χ1n) is 10.8. The molecule has 9 heteroatoms. The molecule has 2 atom stereocenters. The van der Waals surface area contributed by atoms with Gasteiger partial charge >= 0.3 is 6.09 Å². The molecule has 2 fully saturated rings. The van der Waals surface area contributed by atoms with Crippen molar-refractivity contribution in [3.8, 4) is 0 Å². The summed E-state index contributed by atoms with van der Waals surface area (Å²) in [6.45, 7) is 3.14. The van der Waals surface area contributed by atoms with Crippen LogP contribution in [0.4, 0.5) is 10.5 Å². The van der Waals surface area contributed by atoms with E-state index in [1.165, 1.54) is 0 Å². The zero-order valence-corrected chi connectivity index (χ0v) is 19.0. The van der Waals surface area contributed by atoms with Crippen molar-refractivity contribution in [3.63, 3.8) is 0 Å². The SMILES string of the molecule is C[C@]1(C(=O)N2CCOC[C@@]3(C2)CN(c2ccccc2)C(=O)O3)CC(c2ccccc2Cl)=NO1. The van der Waals surface area contributed by atoms with E-state index < -0.39 is 17.3 Å². The number of carbonyl (C=O) groups is 2. The fourth-order valence-electron chi connectivity index (χ4n) is 4.49. The third-order valence-electron chi connectivity index (χ3n) is 6.17. The summed E-state index contributed by atoms with van der Waals surface area (Å²) in [4.78, 5) is 35.2. The number of hydrogen-bond donors (Lipinski definition) is 0. The van der Waals surface area contributed by atoms with Gasteiger partial charge in [0.1, 0.15) is 0 Å². The lowest BCUT2D eigenvalue weighted by Crippen LogP contribution is -2.54. The van der Waals surface area contributed by atoms with E-state index in [4.69, 9.17) is 25.9 Å². The fraction of sp³-hybridized carbons (Fsp3) is 0.375. The van der Waals surface area contributed by atoms with E-state index in [1.54, 1.807) is 22.8 Å². The largest absolute Gasteiger partial charge is 0.436 e. The standard InChI is InChI=1S/C24H24ClN3O5/c1-23(13-20(26-33-23)18-9-5-6-10-19(18)25)21(29)27-11-12-31-16-24(14-27)15-28(22(30)32-24)17-7-3-2-4-8-17/h2-10H,11-16H2,1H3/t23-,24-/m1/s1. The van der Waals surface area contributed by atoms with Gasteiger partial charge in [-0.15, -0.1) is 0 Å². The average Bonchev–Trinajstić information content (AvgIpc) is 3.29. The number of hydrogen-bond acceptors (Lipinski definition) is 6. The lowest BCUT2D eigenvalue weighted by molar-refractivity contribution is -0.155. The molecule has 0 radical (unpaired) electrons. The molecule has 3 aliphatic heterocycles. The molecule has 0 N–H and O–H groups in total. The Balaban J connectivity index is 1.33. The summed E-state index contributed by atoms with van der Waals surface area (Å²) < 4.78 is 11.6. The van der Waals surface area contributed by atoms with Crippen LogP contribution in [0.2, 0.25) is 5.02 Å². The second-order valence-electron chi connectivity index (χ2n) is 8.77. The van der Waals surface area contributed by atoms with Crippen LogP contribution in [0.5, 0.6) is 0 Å². The van der Waals surface area contributed by atoms with Crippen LogP contribution in [-0.4, -0.2) is 66.7 Å². The summed E-state index contributed by atoms with van der Waals surface area (Å²) >= 11 is 6.31. The van der Waals surface area contributed by atoms with Gasteiger partial charge in [-0.2, -0.15) is 0 Å². The molecule has 3 aliphatic rings. The van der Waals surface area contributed by atoms with E-state index in [9.17, 15) is 9.59 Å². The Morgan fingerprint density at radius 2 is 1.85 bits per heavy atom. The Morgan fingerprint density at radius 1 is 1.09 bits per heavy atom. The van der Waals surface area contributed by atoms with Crippen molar-refractivity contribution >= 4 is 35.0 Å². The summed E-state index contributed by atoms with van der Waals surface area (Å²) in [7, 11) is 0. The van der Waals surface area contributed by atoms with Crippen LogP contribution in [0.25, 0.3) is 0 Å². The molecule has 0 aromatic heterocycles. The number of benzene rings is 2. The predicted molar refractivity (Wildman–Crippen MR) is 122 cm³/mol. The molecule has 5 rings (SSSR count). The Morgan fingerprint density at radius 3 is 2.64 bits per heavy atom. The number of nitrogens with zero attached hydrogens (tertiary/aromatic N) is 3. The van der Waals surface area contributed by atoms with Gasteiger partial charge < -0.3 is 19.2 Å². The van der Waals surface area contributed by atoms with Crippen molar-refractivity contribution < 1.29 is 23.9 Å². The lowest BCUT2D eigenvalue weighted by atomic mass is 9.93. The number of halogens is 1. The second kappa shape index (κ2) is 8.35. The second-order valence-corrected chi connectivity index (χ2v) is 9.18. The number of amides is 2. The quantitative estimate of drug-likeness (QED) is 0.687. The van der Waals surface area contributed by atoms with Gasteiger partial charge in [0.05, 0.1) is 32.0 Å². The van der Waals surface area contributed by atoms with E-state index in [0.717, 1.165) is 11.3 Å². The van der Waals surface area contributed by atoms with Crippen LogP contribution in [-0.2, 0) is 19.1 Å². The molecule has 2 aromatic rings. The smallest absolute Gasteiger partial charge is 0.415 e. The van der Waals surface area contributed by atoms with Gasteiger partial charge in [-0.3, -0.25) is 9.69 Å². The van der Waals surface area contributed by atoms with Crippen molar-refractivity contribution in [1.82, 2.24) is 4.90 Å². The van der Waals surface area contributed by atoms with Gasteiger partial charge in [-0.25, -0.2) is 4.79 Å². The average molecular weight is 470 g/mol. The van der Waals surface area contributed by atoms with Crippen LogP contribution in [0, 0.1) is 0 Å². The molecule has 0 bridgehead atoms. The van der Waals surface area contributed by atoms with Crippen molar-refractivity contribution in [2.45, 2.75) is 24.5 Å². The third-order valence-corrected chi connectivity index (χ3v) is 6.50. The first-order chi connectivity index (χ1) is 15.9. The molecule has 1 spiro atoms. The number of anilines is 1. The van der Waals surface area contributed by atoms with Crippen molar-refractivity contribution in [3.05, 3.63) is 65.2 Å². The van der Waals surface area contributed by atoms with Crippen molar-refractivity contribution in [1.29, 1.82) is 0 Å². The number of rotatable bonds is 3. The maximum Gasteiger partial charge on any atom is 0.415 e. The zero-order chi connectivity index (χ0) is 23.1. The molecule has 0 aliphatic carbocycles. The Hall–Kier alpha value is -3.10. The minimum atomic E-state index is -1.18. The molecule has 2 aromatic carbocycles. The monoisotopic (exact) mass is 469 g/mol. The van der Waals surface area contributed by atoms with Crippen LogP contribution in [0.1, 0.15) is 18.9 Å². The Bertz CT molecular complexity index is 1110. The molecule has 0 saturated carbocycles. The van der Waals surface area contributed by atoms with Gasteiger partial charge in [0, 0.05) is 29.2 Å². The first-order valence-corrected chi connectivity index (χ1v) is 11.2. The summed E-state index contributed by atoms with van der Waals surface area (Å²) in [6.07, 6.45) is -0.165. The van der Waals surface area contributed by atoms with E-state index in [0.29, 0.717) is 30.4 Å². The topological polar surface area (TPSA) is 80.7 Å². The van der Waals surface area contributed by atoms with Crippen molar-refractivity contribution in [2.24, 2.45) is 5.16 Å². The summed E-state index contributed by atoms with van der Waals surface area (Å²) in [5.74, 6) is -0.229. The van der Waals surface area contributed by atoms with E-state index >= 15 is 0 Å². The molecule has 2 amide bonds. The third kappa shape index (κ3) is 4.05. The maximum atomic E-state index is 13.6. The van der Waals surface area contributed by atoms with Gasteiger partial charge in [0.15, 0.2) is 5.60 Å². The normalized spacial score (nSPS) is 27.2. The molecule has 3 heterocycles. The molecule has 8 nitrogen and oxygen atoms in total. The lowest BCUT2D eigenvalue weighted by Gasteiger charge is -2.33. The van der Waals surface area contributed by atoms with Crippen LogP contribution in [0.15, 0.2) is 59.8 Å². The Labute approximate surface area is 196 Å². The number of ether oxygens (including phenoxy) is 2. The minimum absolute atomic E-state index is 0.210. The number of para-hydroxylation sites is 1. The fourth-order valence-corrected chi connectivity index (χ4v) is 4.74. The highest BCUT2D eigenvalue weighted by atomic mass is 35.5. The van der Waals surface area contributed by atoms with Crippen LogP contribution >= 0.6 is 11.6 Å². The summed E-state index contributed by atoms with van der Waals surface area (Å²) in [5.41, 5.74) is -0.0258. The van der Waals surface area contributed by atoms with E-state index in [2.05, 4.69) is 5.16 Å². The Kier molecular flexibility index (Phi) is 5.50. The molecule has 172 valence electrons. The molecule has 2 saturated heterocycles. The minimum Gasteiger partial charge on any atom is -0.436 e. The van der Waals surface area contributed by atoms with Crippen LogP contribution in [0.3, 0.4) is 0 Å². The van der Waals surface area contributed by atoms with E-state index in [-0.39, 0.29) is 25.5 Å². The van der Waals surface area contributed by atoms with Gasteiger partial charge in [-0.1, -0.05) is 53.2 Å². The van der Waals surface area contributed by atoms with E-state index in [1.807, 2.05) is 48.5 Å². The van der Waals surface area contributed by atoms with Gasteiger partial charge in [0.2, 0.25) is 5.60 Å².